The first kappa shape index (κ1) is 12.4. The summed E-state index contributed by atoms with van der Waals surface area (Å²) in [5.74, 6) is -0.0358. The van der Waals surface area contributed by atoms with E-state index < -0.39 is 5.82 Å². The fraction of sp³-hybridized carbons (Fsp3) is 0.250. The van der Waals surface area contributed by atoms with Gasteiger partial charge in [0.25, 0.3) is 0 Å². The second-order valence-corrected chi connectivity index (χ2v) is 4.26. The molecule has 0 saturated carbocycles. The highest BCUT2D eigenvalue weighted by atomic mass is 35.5. The van der Waals surface area contributed by atoms with Crippen molar-refractivity contribution in [1.29, 1.82) is 0 Å². The van der Waals surface area contributed by atoms with Crippen LogP contribution in [0.15, 0.2) is 24.4 Å². The third-order valence-electron chi connectivity index (χ3n) is 2.58. The maximum atomic E-state index is 13.8. The van der Waals surface area contributed by atoms with E-state index in [4.69, 9.17) is 23.2 Å². The molecule has 0 spiro atoms. The van der Waals surface area contributed by atoms with E-state index >= 15 is 0 Å². The van der Waals surface area contributed by atoms with Gasteiger partial charge >= 0.3 is 0 Å². The highest BCUT2D eigenvalue weighted by Gasteiger charge is 2.15. The zero-order chi connectivity index (χ0) is 12.4. The Morgan fingerprint density at radius 1 is 1.41 bits per heavy atom. The Balaban J connectivity index is 2.64. The average Bonchev–Trinajstić information content (AvgIpc) is 2.71. The molecule has 0 fully saturated rings. The van der Waals surface area contributed by atoms with Crippen LogP contribution in [-0.2, 0) is 12.3 Å². The maximum Gasteiger partial charge on any atom is 0.150 e. The average molecular weight is 273 g/mol. The van der Waals surface area contributed by atoms with E-state index in [0.29, 0.717) is 17.3 Å². The highest BCUT2D eigenvalue weighted by Crippen LogP contribution is 2.26. The molecule has 2 aromatic rings. The Labute approximate surface area is 109 Å². The van der Waals surface area contributed by atoms with E-state index in [-0.39, 0.29) is 5.69 Å². The van der Waals surface area contributed by atoms with Crippen molar-refractivity contribution in [1.82, 2.24) is 9.78 Å². The van der Waals surface area contributed by atoms with Crippen LogP contribution in [0.5, 0.6) is 0 Å². The normalized spacial score (nSPS) is 10.8. The summed E-state index contributed by atoms with van der Waals surface area (Å²) in [6.07, 6.45) is 2.36. The van der Waals surface area contributed by atoms with Gasteiger partial charge in [-0.15, -0.1) is 11.6 Å². The molecule has 2 rings (SSSR count). The minimum absolute atomic E-state index is 0.280. The Kier molecular flexibility index (Phi) is 3.69. The Morgan fingerprint density at radius 3 is 2.76 bits per heavy atom. The smallest absolute Gasteiger partial charge is 0.150 e. The summed E-state index contributed by atoms with van der Waals surface area (Å²) in [6.45, 7) is 1.97. The number of benzene rings is 1. The summed E-state index contributed by atoms with van der Waals surface area (Å²) in [6, 6.07) is 4.57. The van der Waals surface area contributed by atoms with Crippen LogP contribution in [0.3, 0.4) is 0 Å². The first-order chi connectivity index (χ1) is 8.19. The van der Waals surface area contributed by atoms with Crippen LogP contribution in [0, 0.1) is 5.82 Å². The molecule has 0 aliphatic heterocycles. The van der Waals surface area contributed by atoms with Crippen LogP contribution >= 0.6 is 23.2 Å². The predicted octanol–water partition coefficient (Wildman–Crippen LogP) is 3.97. The van der Waals surface area contributed by atoms with Crippen molar-refractivity contribution in [2.75, 3.05) is 0 Å². The third kappa shape index (κ3) is 2.17. The predicted molar refractivity (Wildman–Crippen MR) is 67.5 cm³/mol. The van der Waals surface area contributed by atoms with Crippen LogP contribution in [0.4, 0.5) is 4.39 Å². The molecular formula is C12H11Cl2FN2. The Hall–Kier alpha value is -1.06. The third-order valence-corrected chi connectivity index (χ3v) is 3.18. The molecule has 90 valence electrons. The van der Waals surface area contributed by atoms with Crippen molar-refractivity contribution in [3.05, 3.63) is 46.5 Å². The number of hydrogen-bond acceptors (Lipinski definition) is 1. The van der Waals surface area contributed by atoms with Crippen LogP contribution in [-0.4, -0.2) is 9.78 Å². The Morgan fingerprint density at radius 2 is 2.18 bits per heavy atom. The molecule has 0 N–H and O–H groups in total. The van der Waals surface area contributed by atoms with Gasteiger partial charge in [0.1, 0.15) is 11.5 Å². The number of nitrogens with zero attached hydrogens (tertiary/aromatic N) is 2. The van der Waals surface area contributed by atoms with Gasteiger partial charge in [-0.05, 0) is 18.6 Å². The molecule has 0 aliphatic rings. The van der Waals surface area contributed by atoms with Crippen molar-refractivity contribution in [3.8, 4) is 5.69 Å². The lowest BCUT2D eigenvalue weighted by Crippen LogP contribution is -2.05. The molecule has 0 radical (unpaired) electrons. The second-order valence-electron chi connectivity index (χ2n) is 3.59. The first-order valence-corrected chi connectivity index (χ1v) is 6.16. The second kappa shape index (κ2) is 5.07. The molecule has 0 bridgehead atoms. The lowest BCUT2D eigenvalue weighted by Gasteiger charge is -2.09. The van der Waals surface area contributed by atoms with Gasteiger partial charge in [0, 0.05) is 11.3 Å². The Bertz CT molecular complexity index is 517. The number of halogens is 3. The van der Waals surface area contributed by atoms with E-state index in [1.165, 1.54) is 10.7 Å². The van der Waals surface area contributed by atoms with E-state index in [1.54, 1.807) is 18.3 Å². The summed E-state index contributed by atoms with van der Waals surface area (Å²) in [5.41, 5.74) is 2.06. The lowest BCUT2D eigenvalue weighted by molar-refractivity contribution is 0.607. The van der Waals surface area contributed by atoms with Crippen LogP contribution in [0.25, 0.3) is 5.69 Å². The fourth-order valence-electron chi connectivity index (χ4n) is 1.78. The molecule has 0 amide bonds. The molecule has 1 aromatic heterocycles. The summed E-state index contributed by atoms with van der Waals surface area (Å²) < 4.78 is 15.3. The minimum atomic E-state index is -0.392. The van der Waals surface area contributed by atoms with E-state index in [9.17, 15) is 4.39 Å². The first-order valence-electron chi connectivity index (χ1n) is 5.25. The molecule has 0 atom stereocenters. The number of aromatic nitrogens is 2. The van der Waals surface area contributed by atoms with Gasteiger partial charge in [-0.25, -0.2) is 9.07 Å². The maximum absolute atomic E-state index is 13.8. The topological polar surface area (TPSA) is 17.8 Å². The summed E-state index contributed by atoms with van der Waals surface area (Å²) in [7, 11) is 0. The van der Waals surface area contributed by atoms with Crippen molar-refractivity contribution in [3.63, 3.8) is 0 Å². The molecule has 1 aromatic carbocycles. The minimum Gasteiger partial charge on any atom is -0.233 e. The fourth-order valence-corrected chi connectivity index (χ4v) is 2.25. The SMILES string of the molecule is CCc1c(CCl)cnn1-c1c(F)cccc1Cl. The van der Waals surface area contributed by atoms with Gasteiger partial charge in [0.05, 0.1) is 17.1 Å². The van der Waals surface area contributed by atoms with Gasteiger partial charge in [0.2, 0.25) is 0 Å². The monoisotopic (exact) mass is 272 g/mol. The van der Waals surface area contributed by atoms with E-state index in [0.717, 1.165) is 11.3 Å². The van der Waals surface area contributed by atoms with Gasteiger partial charge in [-0.2, -0.15) is 5.10 Å². The van der Waals surface area contributed by atoms with E-state index in [2.05, 4.69) is 5.10 Å². The zero-order valence-corrected chi connectivity index (χ0v) is 10.8. The molecule has 17 heavy (non-hydrogen) atoms. The molecule has 5 heteroatoms. The highest BCUT2D eigenvalue weighted by molar-refractivity contribution is 6.32. The van der Waals surface area contributed by atoms with Crippen LogP contribution < -0.4 is 0 Å². The largest absolute Gasteiger partial charge is 0.233 e. The molecule has 0 aliphatic carbocycles. The number of alkyl halides is 1. The van der Waals surface area contributed by atoms with Crippen molar-refractivity contribution in [2.24, 2.45) is 0 Å². The summed E-state index contributed by atoms with van der Waals surface area (Å²) >= 11 is 11.8. The quantitative estimate of drug-likeness (QED) is 0.774. The van der Waals surface area contributed by atoms with Gasteiger partial charge in [-0.1, -0.05) is 24.6 Å². The molecule has 0 unspecified atom stereocenters. The number of hydrogen-bond donors (Lipinski definition) is 0. The van der Waals surface area contributed by atoms with Crippen molar-refractivity contribution in [2.45, 2.75) is 19.2 Å². The van der Waals surface area contributed by atoms with Crippen LogP contribution in [0.1, 0.15) is 18.2 Å². The number of para-hydroxylation sites is 1. The van der Waals surface area contributed by atoms with Crippen LogP contribution in [0.2, 0.25) is 5.02 Å². The lowest BCUT2D eigenvalue weighted by atomic mass is 10.2. The molecular weight excluding hydrogens is 262 g/mol. The van der Waals surface area contributed by atoms with Gasteiger partial charge < -0.3 is 0 Å². The zero-order valence-electron chi connectivity index (χ0n) is 9.25. The van der Waals surface area contributed by atoms with Gasteiger partial charge in [0.15, 0.2) is 0 Å². The van der Waals surface area contributed by atoms with Crippen molar-refractivity contribution < 1.29 is 4.39 Å². The van der Waals surface area contributed by atoms with Gasteiger partial charge in [-0.3, -0.25) is 0 Å². The molecule has 1 heterocycles. The molecule has 0 saturated heterocycles. The summed E-state index contributed by atoms with van der Waals surface area (Å²) in [5, 5.41) is 4.49. The van der Waals surface area contributed by atoms with Crippen molar-refractivity contribution >= 4 is 23.2 Å². The molecule has 2 nitrogen and oxygen atoms in total. The summed E-state index contributed by atoms with van der Waals surface area (Å²) in [4.78, 5) is 0. The van der Waals surface area contributed by atoms with E-state index in [1.807, 2.05) is 6.92 Å². The standard InChI is InChI=1S/C12H11Cl2FN2/c1-2-11-8(6-13)7-16-17(11)12-9(14)4-3-5-10(12)15/h3-5,7H,2,6H2,1H3. The number of rotatable bonds is 3.